The highest BCUT2D eigenvalue weighted by atomic mass is 32.2. The van der Waals surface area contributed by atoms with E-state index >= 15 is 0 Å². The lowest BCUT2D eigenvalue weighted by molar-refractivity contribution is 0.576. The van der Waals surface area contributed by atoms with Gasteiger partial charge in [0.05, 0.1) is 10.6 Å². The molecule has 0 saturated heterocycles. The van der Waals surface area contributed by atoms with Crippen LogP contribution in [0.4, 0.5) is 5.69 Å². The largest absolute Gasteiger partial charge is 0.398 e. The summed E-state index contributed by atoms with van der Waals surface area (Å²) in [7, 11) is -7.27. The van der Waals surface area contributed by atoms with Gasteiger partial charge in [0.25, 0.3) is 0 Å². The Balaban J connectivity index is 2.72. The van der Waals surface area contributed by atoms with Gasteiger partial charge in [0.15, 0.2) is 0 Å². The van der Waals surface area contributed by atoms with Gasteiger partial charge in [-0.05, 0) is 30.5 Å². The van der Waals surface area contributed by atoms with Crippen LogP contribution < -0.4 is 15.6 Å². The van der Waals surface area contributed by atoms with Gasteiger partial charge in [0, 0.05) is 12.2 Å². The summed E-state index contributed by atoms with van der Waals surface area (Å²) >= 11 is 0. The van der Waals surface area contributed by atoms with Crippen LogP contribution in [-0.4, -0.2) is 29.1 Å². The molecule has 0 spiro atoms. The molecule has 1 rings (SSSR count). The van der Waals surface area contributed by atoms with E-state index in [9.17, 15) is 16.8 Å². The van der Waals surface area contributed by atoms with Crippen molar-refractivity contribution >= 4 is 25.7 Å². The van der Waals surface area contributed by atoms with E-state index in [0.717, 1.165) is 5.56 Å². The average Bonchev–Trinajstić information content (AvgIpc) is 2.33. The van der Waals surface area contributed by atoms with E-state index in [4.69, 9.17) is 10.9 Å². The topological polar surface area (TPSA) is 132 Å². The van der Waals surface area contributed by atoms with E-state index in [-0.39, 0.29) is 23.6 Å². The molecule has 5 N–H and O–H groups in total. The first kappa shape index (κ1) is 16.9. The summed E-state index contributed by atoms with van der Waals surface area (Å²) < 4.78 is 47.7. The van der Waals surface area contributed by atoms with Crippen LogP contribution in [0.2, 0.25) is 0 Å². The number of benzene rings is 1. The highest BCUT2D eigenvalue weighted by molar-refractivity contribution is 7.89. The van der Waals surface area contributed by atoms with Crippen molar-refractivity contribution in [2.75, 3.05) is 18.0 Å². The zero-order chi connectivity index (χ0) is 15.4. The Morgan fingerprint density at radius 3 is 2.35 bits per heavy atom. The molecule has 0 aliphatic heterocycles. The third-order valence-electron chi connectivity index (χ3n) is 2.71. The molecule has 1 aromatic rings. The van der Waals surface area contributed by atoms with E-state index < -0.39 is 20.0 Å². The Morgan fingerprint density at radius 2 is 1.85 bits per heavy atom. The van der Waals surface area contributed by atoms with Gasteiger partial charge in [-0.25, -0.2) is 26.7 Å². The van der Waals surface area contributed by atoms with Crippen LogP contribution in [0.25, 0.3) is 0 Å². The molecular weight excluding hydrogens is 302 g/mol. The summed E-state index contributed by atoms with van der Waals surface area (Å²) in [4.78, 5) is 0.0582. The molecule has 0 heterocycles. The van der Waals surface area contributed by atoms with Crippen molar-refractivity contribution in [3.8, 4) is 0 Å². The molecular formula is C11H19N3O4S2. The Morgan fingerprint density at radius 1 is 1.20 bits per heavy atom. The number of rotatable bonds is 7. The molecule has 0 unspecified atom stereocenters. The Bertz CT molecular complexity index is 669. The van der Waals surface area contributed by atoms with Crippen molar-refractivity contribution in [3.63, 3.8) is 0 Å². The third-order valence-corrected chi connectivity index (χ3v) is 5.02. The summed E-state index contributed by atoms with van der Waals surface area (Å²) in [6.45, 7) is 1.92. The van der Waals surface area contributed by atoms with Crippen LogP contribution in [0.15, 0.2) is 23.1 Å². The monoisotopic (exact) mass is 321 g/mol. The average molecular weight is 321 g/mol. The van der Waals surface area contributed by atoms with E-state index in [0.29, 0.717) is 12.1 Å². The van der Waals surface area contributed by atoms with Gasteiger partial charge in [0.1, 0.15) is 0 Å². The van der Waals surface area contributed by atoms with Crippen LogP contribution in [0.5, 0.6) is 0 Å². The van der Waals surface area contributed by atoms with Gasteiger partial charge in [-0.2, -0.15) is 0 Å². The van der Waals surface area contributed by atoms with Crippen molar-refractivity contribution in [1.29, 1.82) is 0 Å². The molecule has 0 radical (unpaired) electrons. The fourth-order valence-electron chi connectivity index (χ4n) is 1.63. The van der Waals surface area contributed by atoms with Crippen molar-refractivity contribution in [3.05, 3.63) is 23.8 Å². The van der Waals surface area contributed by atoms with Gasteiger partial charge >= 0.3 is 0 Å². The molecule has 0 fully saturated rings. The number of sulfonamides is 2. The molecule has 1 aromatic carbocycles. The van der Waals surface area contributed by atoms with E-state index in [2.05, 4.69) is 4.72 Å². The van der Waals surface area contributed by atoms with Crippen LogP contribution in [-0.2, 0) is 26.5 Å². The number of nitrogen functional groups attached to an aromatic ring is 1. The van der Waals surface area contributed by atoms with Crippen molar-refractivity contribution in [2.24, 2.45) is 5.14 Å². The summed E-state index contributed by atoms with van der Waals surface area (Å²) in [5, 5.41) is 4.83. The van der Waals surface area contributed by atoms with Crippen molar-refractivity contribution in [2.45, 2.75) is 24.7 Å². The maximum absolute atomic E-state index is 12.0. The zero-order valence-corrected chi connectivity index (χ0v) is 12.8. The molecule has 20 heavy (non-hydrogen) atoms. The quantitative estimate of drug-likeness (QED) is 0.472. The standard InChI is InChI=1S/C11H19N3O4S2/c1-2-9-4-5-10(8-11(9)12)20(17,18)14-6-3-7-19(13,15)16/h4-5,8,14H,2-3,6-7,12H2,1H3,(H2,13,15,16). The number of hydrogen-bond acceptors (Lipinski definition) is 5. The van der Waals surface area contributed by atoms with Crippen LogP contribution in [0.3, 0.4) is 0 Å². The fraction of sp³-hybridized carbons (Fsp3) is 0.455. The number of nitrogens with one attached hydrogen (secondary N) is 1. The Hall–Kier alpha value is -1.16. The summed E-state index contributed by atoms with van der Waals surface area (Å²) in [5.41, 5.74) is 7.04. The number of anilines is 1. The fourth-order valence-corrected chi connectivity index (χ4v) is 3.28. The molecule has 9 heteroatoms. The van der Waals surface area contributed by atoms with Gasteiger partial charge in [-0.15, -0.1) is 0 Å². The number of hydrogen-bond donors (Lipinski definition) is 3. The smallest absolute Gasteiger partial charge is 0.240 e. The SMILES string of the molecule is CCc1ccc(S(=O)(=O)NCCCS(N)(=O)=O)cc1N. The maximum Gasteiger partial charge on any atom is 0.240 e. The number of aryl methyl sites for hydroxylation is 1. The summed E-state index contributed by atoms with van der Waals surface area (Å²) in [5.74, 6) is -0.271. The lowest BCUT2D eigenvalue weighted by atomic mass is 10.1. The summed E-state index contributed by atoms with van der Waals surface area (Å²) in [6.07, 6.45) is 0.828. The molecule has 0 aromatic heterocycles. The molecule has 0 bridgehead atoms. The minimum Gasteiger partial charge on any atom is -0.398 e. The second-order valence-corrected chi connectivity index (χ2v) is 7.83. The second-order valence-electron chi connectivity index (χ2n) is 4.33. The molecule has 0 atom stereocenters. The van der Waals surface area contributed by atoms with Crippen LogP contribution >= 0.6 is 0 Å². The van der Waals surface area contributed by atoms with Crippen molar-refractivity contribution in [1.82, 2.24) is 4.72 Å². The van der Waals surface area contributed by atoms with Crippen molar-refractivity contribution < 1.29 is 16.8 Å². The predicted molar refractivity (Wildman–Crippen MR) is 78.0 cm³/mol. The van der Waals surface area contributed by atoms with Gasteiger partial charge < -0.3 is 5.73 Å². The first-order valence-electron chi connectivity index (χ1n) is 6.04. The normalized spacial score (nSPS) is 12.5. The van der Waals surface area contributed by atoms with Gasteiger partial charge in [-0.1, -0.05) is 13.0 Å². The number of primary sulfonamides is 1. The summed E-state index contributed by atoms with van der Waals surface area (Å²) in [6, 6.07) is 4.52. The van der Waals surface area contributed by atoms with E-state index in [1.165, 1.54) is 12.1 Å². The highest BCUT2D eigenvalue weighted by Gasteiger charge is 2.15. The Labute approximate surface area is 119 Å². The van der Waals surface area contributed by atoms with Crippen LogP contribution in [0.1, 0.15) is 18.9 Å². The first-order chi connectivity index (χ1) is 9.15. The lowest BCUT2D eigenvalue weighted by Gasteiger charge is -2.09. The first-order valence-corrected chi connectivity index (χ1v) is 9.24. The lowest BCUT2D eigenvalue weighted by Crippen LogP contribution is -2.27. The minimum absolute atomic E-state index is 0.00576. The molecule has 7 nitrogen and oxygen atoms in total. The maximum atomic E-state index is 12.0. The molecule has 0 aliphatic rings. The number of nitrogens with two attached hydrogens (primary N) is 2. The molecule has 0 aliphatic carbocycles. The second kappa shape index (κ2) is 6.53. The molecule has 0 saturated carbocycles. The van der Waals surface area contributed by atoms with Gasteiger partial charge in [-0.3, -0.25) is 0 Å². The molecule has 0 amide bonds. The predicted octanol–water partition coefficient (Wildman–Crippen LogP) is -0.212. The van der Waals surface area contributed by atoms with Gasteiger partial charge in [0.2, 0.25) is 20.0 Å². The van der Waals surface area contributed by atoms with E-state index in [1.54, 1.807) is 6.07 Å². The van der Waals surface area contributed by atoms with Crippen LogP contribution in [0, 0.1) is 0 Å². The third kappa shape index (κ3) is 5.08. The Kier molecular flexibility index (Phi) is 5.51. The molecule has 114 valence electrons. The highest BCUT2D eigenvalue weighted by Crippen LogP contribution is 2.18. The van der Waals surface area contributed by atoms with E-state index in [1.807, 2.05) is 6.92 Å². The zero-order valence-electron chi connectivity index (χ0n) is 11.2. The minimum atomic E-state index is -3.69.